The van der Waals surface area contributed by atoms with Crippen molar-refractivity contribution < 1.29 is 19.1 Å². The number of nitrogens with zero attached hydrogens (tertiary/aromatic N) is 1. The monoisotopic (exact) mass is 352 g/mol. The van der Waals surface area contributed by atoms with Gasteiger partial charge in [0.2, 0.25) is 0 Å². The smallest absolute Gasteiger partial charge is 0.306 e. The second-order valence-corrected chi connectivity index (χ2v) is 5.76. The summed E-state index contributed by atoms with van der Waals surface area (Å²) < 4.78 is 4.82. The van der Waals surface area contributed by atoms with Crippen LogP contribution in [-0.4, -0.2) is 29.3 Å². The summed E-state index contributed by atoms with van der Waals surface area (Å²) in [6.07, 6.45) is 1.47. The zero-order valence-corrected chi connectivity index (χ0v) is 13.5. The average Bonchev–Trinajstić information content (AvgIpc) is 3.07. The largest absolute Gasteiger partial charge is 0.456 e. The standard InChI is InChI=1S/C15H13ClN2O4S/c16-15-10(3-1-7-17-15)18-13(20)9-22-14(21)6-5-11(19)12-4-2-8-23-12/h1-4,7-8H,5-6,9H2,(H,18,20). The Morgan fingerprint density at radius 2 is 2.04 bits per heavy atom. The average molecular weight is 353 g/mol. The molecular formula is C15H13ClN2O4S. The van der Waals surface area contributed by atoms with E-state index in [1.165, 1.54) is 17.5 Å². The first-order valence-electron chi connectivity index (χ1n) is 6.69. The molecule has 0 atom stereocenters. The van der Waals surface area contributed by atoms with E-state index in [0.29, 0.717) is 10.6 Å². The highest BCUT2D eigenvalue weighted by atomic mass is 35.5. The number of aromatic nitrogens is 1. The molecule has 2 heterocycles. The van der Waals surface area contributed by atoms with Gasteiger partial charge in [-0.25, -0.2) is 4.98 Å². The third-order valence-electron chi connectivity index (χ3n) is 2.75. The van der Waals surface area contributed by atoms with Gasteiger partial charge in [-0.3, -0.25) is 14.4 Å². The van der Waals surface area contributed by atoms with Crippen molar-refractivity contribution in [2.45, 2.75) is 12.8 Å². The Morgan fingerprint density at radius 3 is 2.74 bits per heavy atom. The van der Waals surface area contributed by atoms with Gasteiger partial charge < -0.3 is 10.1 Å². The molecule has 8 heteroatoms. The van der Waals surface area contributed by atoms with Crippen molar-refractivity contribution in [3.63, 3.8) is 0 Å². The SMILES string of the molecule is O=C(COC(=O)CCC(=O)c1cccs1)Nc1cccnc1Cl. The van der Waals surface area contributed by atoms with E-state index in [4.69, 9.17) is 16.3 Å². The molecule has 0 saturated heterocycles. The number of rotatable bonds is 7. The van der Waals surface area contributed by atoms with Crippen molar-refractivity contribution in [2.75, 3.05) is 11.9 Å². The molecule has 6 nitrogen and oxygen atoms in total. The highest BCUT2D eigenvalue weighted by Crippen LogP contribution is 2.17. The van der Waals surface area contributed by atoms with E-state index in [1.54, 1.807) is 29.6 Å². The van der Waals surface area contributed by atoms with E-state index in [1.807, 2.05) is 0 Å². The number of esters is 1. The number of pyridine rings is 1. The summed E-state index contributed by atoms with van der Waals surface area (Å²) in [6, 6.07) is 6.66. The second-order valence-electron chi connectivity index (χ2n) is 4.45. The molecule has 0 aliphatic carbocycles. The van der Waals surface area contributed by atoms with Gasteiger partial charge in [-0.1, -0.05) is 17.7 Å². The molecule has 120 valence electrons. The molecule has 2 aromatic rings. The summed E-state index contributed by atoms with van der Waals surface area (Å²) in [5.74, 6) is -1.26. The molecule has 0 aromatic carbocycles. The third kappa shape index (κ3) is 5.46. The first-order valence-corrected chi connectivity index (χ1v) is 7.94. The van der Waals surface area contributed by atoms with Crippen LogP contribution in [0.2, 0.25) is 5.15 Å². The summed E-state index contributed by atoms with van der Waals surface area (Å²) in [7, 11) is 0. The van der Waals surface area contributed by atoms with Crippen LogP contribution in [0.3, 0.4) is 0 Å². The molecule has 0 fully saturated rings. The van der Waals surface area contributed by atoms with E-state index in [0.717, 1.165) is 0 Å². The minimum Gasteiger partial charge on any atom is -0.456 e. The number of carbonyl (C=O) groups is 3. The van der Waals surface area contributed by atoms with Crippen molar-refractivity contribution in [2.24, 2.45) is 0 Å². The van der Waals surface area contributed by atoms with Crippen LogP contribution in [-0.2, 0) is 14.3 Å². The van der Waals surface area contributed by atoms with Crippen LogP contribution in [0.15, 0.2) is 35.8 Å². The zero-order valence-electron chi connectivity index (χ0n) is 12.0. The number of hydrogen-bond acceptors (Lipinski definition) is 6. The number of Topliss-reactive ketones (excluding diaryl/α,β-unsaturated/α-hetero) is 1. The maximum Gasteiger partial charge on any atom is 0.306 e. The normalized spacial score (nSPS) is 10.1. The minimum absolute atomic E-state index is 0.0510. The maximum absolute atomic E-state index is 11.7. The number of ketones is 1. The molecule has 0 bridgehead atoms. The van der Waals surface area contributed by atoms with Gasteiger partial charge >= 0.3 is 5.97 Å². The number of ether oxygens (including phenoxy) is 1. The fourth-order valence-electron chi connectivity index (χ4n) is 1.66. The molecule has 1 N–H and O–H groups in total. The molecule has 0 spiro atoms. The molecule has 0 unspecified atom stereocenters. The lowest BCUT2D eigenvalue weighted by Crippen LogP contribution is -2.21. The van der Waals surface area contributed by atoms with E-state index in [-0.39, 0.29) is 23.8 Å². The third-order valence-corrected chi connectivity index (χ3v) is 3.96. The van der Waals surface area contributed by atoms with Crippen molar-refractivity contribution in [3.05, 3.63) is 45.9 Å². The fourth-order valence-corrected chi connectivity index (χ4v) is 2.52. The van der Waals surface area contributed by atoms with Gasteiger partial charge in [0.1, 0.15) is 0 Å². The fraction of sp³-hybridized carbons (Fsp3) is 0.200. The quantitative estimate of drug-likeness (QED) is 0.470. The number of thiophene rings is 1. The van der Waals surface area contributed by atoms with Crippen LogP contribution in [0.5, 0.6) is 0 Å². The van der Waals surface area contributed by atoms with Gasteiger partial charge in [-0.15, -0.1) is 11.3 Å². The van der Waals surface area contributed by atoms with Crippen LogP contribution in [0.1, 0.15) is 22.5 Å². The number of halogens is 1. The van der Waals surface area contributed by atoms with Crippen LogP contribution in [0.4, 0.5) is 5.69 Å². The van der Waals surface area contributed by atoms with Crippen LogP contribution in [0, 0.1) is 0 Å². The topological polar surface area (TPSA) is 85.4 Å². The van der Waals surface area contributed by atoms with Crippen molar-refractivity contribution >= 4 is 46.3 Å². The molecule has 23 heavy (non-hydrogen) atoms. The summed E-state index contributed by atoms with van der Waals surface area (Å²) >= 11 is 7.11. The highest BCUT2D eigenvalue weighted by molar-refractivity contribution is 7.12. The Balaban J connectivity index is 1.71. The number of hydrogen-bond donors (Lipinski definition) is 1. The Kier molecular flexibility index (Phi) is 6.25. The van der Waals surface area contributed by atoms with Crippen molar-refractivity contribution in [1.29, 1.82) is 0 Å². The predicted octanol–water partition coefficient (Wildman–Crippen LogP) is 2.94. The Bertz CT molecular complexity index is 703. The number of carbonyl (C=O) groups excluding carboxylic acids is 3. The van der Waals surface area contributed by atoms with Gasteiger partial charge in [0.05, 0.1) is 17.0 Å². The van der Waals surface area contributed by atoms with Crippen LogP contribution >= 0.6 is 22.9 Å². The Hall–Kier alpha value is -2.25. The minimum atomic E-state index is -0.609. The molecule has 0 radical (unpaired) electrons. The molecule has 0 aliphatic rings. The number of anilines is 1. The number of amides is 1. The zero-order chi connectivity index (χ0) is 16.7. The van der Waals surface area contributed by atoms with Gasteiger partial charge in [0.25, 0.3) is 5.91 Å². The molecule has 0 aliphatic heterocycles. The number of nitrogens with one attached hydrogen (secondary N) is 1. The lowest BCUT2D eigenvalue weighted by Gasteiger charge is -2.07. The molecular weight excluding hydrogens is 340 g/mol. The Morgan fingerprint density at radius 1 is 1.22 bits per heavy atom. The summed E-state index contributed by atoms with van der Waals surface area (Å²) in [6.45, 7) is -0.447. The molecule has 2 rings (SSSR count). The molecule has 2 aromatic heterocycles. The maximum atomic E-state index is 11.7. The van der Waals surface area contributed by atoms with Crippen LogP contribution in [0.25, 0.3) is 0 Å². The molecule has 1 amide bonds. The van der Waals surface area contributed by atoms with Crippen molar-refractivity contribution in [1.82, 2.24) is 4.98 Å². The molecule has 0 saturated carbocycles. The van der Waals surface area contributed by atoms with E-state index in [2.05, 4.69) is 10.3 Å². The summed E-state index contributed by atoms with van der Waals surface area (Å²) in [5.41, 5.74) is 0.336. The summed E-state index contributed by atoms with van der Waals surface area (Å²) in [5, 5.41) is 4.42. The summed E-state index contributed by atoms with van der Waals surface area (Å²) in [4.78, 5) is 39.3. The Labute approximate surface area is 141 Å². The van der Waals surface area contributed by atoms with Gasteiger partial charge in [-0.2, -0.15) is 0 Å². The van der Waals surface area contributed by atoms with Gasteiger partial charge in [0.15, 0.2) is 17.5 Å². The van der Waals surface area contributed by atoms with E-state index in [9.17, 15) is 14.4 Å². The first-order chi connectivity index (χ1) is 11.1. The lowest BCUT2D eigenvalue weighted by molar-refractivity contribution is -0.147. The highest BCUT2D eigenvalue weighted by Gasteiger charge is 2.13. The van der Waals surface area contributed by atoms with Crippen LogP contribution < -0.4 is 5.32 Å². The second kappa shape index (κ2) is 8.40. The van der Waals surface area contributed by atoms with E-state index < -0.39 is 18.5 Å². The van der Waals surface area contributed by atoms with E-state index >= 15 is 0 Å². The predicted molar refractivity (Wildman–Crippen MR) is 86.7 cm³/mol. The van der Waals surface area contributed by atoms with Gasteiger partial charge in [-0.05, 0) is 23.6 Å². The lowest BCUT2D eigenvalue weighted by atomic mass is 10.2. The first kappa shape index (κ1) is 17.1. The van der Waals surface area contributed by atoms with Gasteiger partial charge in [0, 0.05) is 12.6 Å². The van der Waals surface area contributed by atoms with Crippen molar-refractivity contribution in [3.8, 4) is 0 Å².